The topological polar surface area (TPSA) is 106 Å². The smallest absolute Gasteiger partial charge is 0.189 e. The van der Waals surface area contributed by atoms with Crippen LogP contribution in [0.15, 0.2) is 42.9 Å². The fraction of sp³-hybridized carbons (Fsp3) is 0.333. The van der Waals surface area contributed by atoms with Crippen molar-refractivity contribution in [3.63, 3.8) is 0 Å². The zero-order chi connectivity index (χ0) is 21.9. The fourth-order valence-electron chi connectivity index (χ4n) is 4.30. The van der Waals surface area contributed by atoms with Gasteiger partial charge in [0.25, 0.3) is 0 Å². The zero-order valence-electron chi connectivity index (χ0n) is 17.9. The lowest BCUT2D eigenvalue weighted by Crippen LogP contribution is -2.37. The van der Waals surface area contributed by atoms with Gasteiger partial charge in [-0.15, -0.1) is 0 Å². The molecule has 0 atom stereocenters. The summed E-state index contributed by atoms with van der Waals surface area (Å²) in [4.78, 5) is 28.6. The van der Waals surface area contributed by atoms with Crippen molar-refractivity contribution >= 4 is 17.3 Å². The van der Waals surface area contributed by atoms with Crippen molar-refractivity contribution in [1.82, 2.24) is 20.3 Å². The van der Waals surface area contributed by atoms with Gasteiger partial charge < -0.3 is 20.7 Å². The molecule has 2 aliphatic rings. The Balaban J connectivity index is 1.42. The van der Waals surface area contributed by atoms with Crippen LogP contribution in [-0.2, 0) is 24.1 Å². The standard InChI is InChI=1S/C24H26N6O2/c25-24-23(22(31)12-19-14-27-6-4-21(19)30-7-9-32-10-8-30)29-20(15-28-24)17-1-2-18-13-26-5-3-16(18)11-17/h1-2,4,6,11,14-15,26H,3,5,7-10,12-13H2,(H2,25,28). The Hall–Kier alpha value is -3.36. The molecule has 0 radical (unpaired) electrons. The van der Waals surface area contributed by atoms with E-state index in [0.717, 1.165) is 49.4 Å². The number of morpholine rings is 1. The molecule has 3 aromatic rings. The van der Waals surface area contributed by atoms with E-state index in [-0.39, 0.29) is 23.7 Å². The van der Waals surface area contributed by atoms with Crippen LogP contribution in [0.5, 0.6) is 0 Å². The van der Waals surface area contributed by atoms with Crippen LogP contribution in [0.25, 0.3) is 11.3 Å². The normalized spacial score (nSPS) is 15.9. The Morgan fingerprint density at radius 3 is 2.91 bits per heavy atom. The number of aromatic nitrogens is 3. The summed E-state index contributed by atoms with van der Waals surface area (Å²) in [6.07, 6.45) is 6.27. The number of nitrogens with zero attached hydrogens (tertiary/aromatic N) is 4. The van der Waals surface area contributed by atoms with E-state index in [2.05, 4.69) is 37.3 Å². The van der Waals surface area contributed by atoms with E-state index in [1.807, 2.05) is 12.1 Å². The lowest BCUT2D eigenvalue weighted by molar-refractivity contribution is 0.0988. The van der Waals surface area contributed by atoms with E-state index < -0.39 is 0 Å². The Kier molecular flexibility index (Phi) is 5.79. The van der Waals surface area contributed by atoms with Crippen LogP contribution in [0.1, 0.15) is 27.2 Å². The van der Waals surface area contributed by atoms with Gasteiger partial charge in [-0.05, 0) is 36.2 Å². The predicted octanol–water partition coefficient (Wildman–Crippen LogP) is 2.03. The molecule has 0 unspecified atom stereocenters. The van der Waals surface area contributed by atoms with E-state index in [1.54, 1.807) is 18.6 Å². The van der Waals surface area contributed by atoms with Crippen LogP contribution < -0.4 is 16.0 Å². The summed E-state index contributed by atoms with van der Waals surface area (Å²) in [5.74, 6) is -0.0146. The second-order valence-electron chi connectivity index (χ2n) is 8.10. The minimum atomic E-state index is -0.165. The highest BCUT2D eigenvalue weighted by atomic mass is 16.5. The van der Waals surface area contributed by atoms with Gasteiger partial charge in [-0.25, -0.2) is 9.97 Å². The summed E-state index contributed by atoms with van der Waals surface area (Å²) in [5, 5.41) is 3.38. The molecule has 0 spiro atoms. The lowest BCUT2D eigenvalue weighted by Gasteiger charge is -2.30. The fourth-order valence-corrected chi connectivity index (χ4v) is 4.30. The van der Waals surface area contributed by atoms with Gasteiger partial charge in [0.2, 0.25) is 0 Å². The van der Waals surface area contributed by atoms with E-state index in [4.69, 9.17) is 10.5 Å². The molecule has 0 aliphatic carbocycles. The number of hydrogen-bond donors (Lipinski definition) is 2. The van der Waals surface area contributed by atoms with Crippen molar-refractivity contribution in [2.75, 3.05) is 43.5 Å². The number of ether oxygens (including phenoxy) is 1. The third-order valence-corrected chi connectivity index (χ3v) is 6.03. The summed E-state index contributed by atoms with van der Waals surface area (Å²) < 4.78 is 5.45. The summed E-state index contributed by atoms with van der Waals surface area (Å²) >= 11 is 0. The first kappa shape index (κ1) is 20.5. The van der Waals surface area contributed by atoms with Crippen LogP contribution in [-0.4, -0.2) is 53.6 Å². The second kappa shape index (κ2) is 9.02. The van der Waals surface area contributed by atoms with Gasteiger partial charge in [-0.1, -0.05) is 12.1 Å². The largest absolute Gasteiger partial charge is 0.382 e. The van der Waals surface area contributed by atoms with E-state index in [9.17, 15) is 4.79 Å². The molecule has 32 heavy (non-hydrogen) atoms. The van der Waals surface area contributed by atoms with Crippen molar-refractivity contribution in [1.29, 1.82) is 0 Å². The number of nitrogen functional groups attached to an aromatic ring is 1. The number of rotatable bonds is 5. The Morgan fingerprint density at radius 1 is 1.16 bits per heavy atom. The molecule has 0 bridgehead atoms. The zero-order valence-corrected chi connectivity index (χ0v) is 17.9. The summed E-state index contributed by atoms with van der Waals surface area (Å²) in [5.41, 5.74) is 12.3. The number of pyridine rings is 1. The Bertz CT molecular complexity index is 1140. The molecule has 8 nitrogen and oxygen atoms in total. The third-order valence-electron chi connectivity index (χ3n) is 6.03. The van der Waals surface area contributed by atoms with Gasteiger partial charge in [0.1, 0.15) is 5.69 Å². The first-order chi connectivity index (χ1) is 15.7. The highest BCUT2D eigenvalue weighted by Crippen LogP contribution is 2.26. The minimum absolute atomic E-state index is 0.151. The second-order valence-corrected chi connectivity index (χ2v) is 8.10. The molecule has 1 fully saturated rings. The van der Waals surface area contributed by atoms with Crippen LogP contribution >= 0.6 is 0 Å². The molecule has 164 valence electrons. The molecule has 4 heterocycles. The number of nitrogens with one attached hydrogen (secondary N) is 1. The number of fused-ring (bicyclic) bond motifs is 1. The molecule has 5 rings (SSSR count). The third kappa shape index (κ3) is 4.19. The first-order valence-corrected chi connectivity index (χ1v) is 10.9. The summed E-state index contributed by atoms with van der Waals surface area (Å²) in [7, 11) is 0. The quantitative estimate of drug-likeness (QED) is 0.592. The summed E-state index contributed by atoms with van der Waals surface area (Å²) in [6.45, 7) is 4.76. The average Bonchev–Trinajstić information content (AvgIpc) is 2.85. The van der Waals surface area contributed by atoms with Crippen LogP contribution in [0.2, 0.25) is 0 Å². The van der Waals surface area contributed by atoms with Gasteiger partial charge >= 0.3 is 0 Å². The van der Waals surface area contributed by atoms with Gasteiger partial charge in [0.15, 0.2) is 11.6 Å². The number of nitrogens with two attached hydrogens (primary N) is 1. The summed E-state index contributed by atoms with van der Waals surface area (Å²) in [6, 6.07) is 8.22. The number of anilines is 2. The maximum absolute atomic E-state index is 13.2. The molecule has 8 heteroatoms. The molecule has 1 saturated heterocycles. The van der Waals surface area contributed by atoms with Crippen LogP contribution in [0.3, 0.4) is 0 Å². The number of hydrogen-bond acceptors (Lipinski definition) is 8. The molecule has 1 aromatic carbocycles. The Labute approximate surface area is 186 Å². The van der Waals surface area contributed by atoms with Crippen molar-refractivity contribution in [2.45, 2.75) is 19.4 Å². The number of benzene rings is 1. The van der Waals surface area contributed by atoms with E-state index in [1.165, 1.54) is 11.1 Å². The molecule has 2 aliphatic heterocycles. The molecule has 0 amide bonds. The van der Waals surface area contributed by atoms with Crippen molar-refractivity contribution < 1.29 is 9.53 Å². The minimum Gasteiger partial charge on any atom is -0.382 e. The predicted molar refractivity (Wildman–Crippen MR) is 123 cm³/mol. The average molecular weight is 431 g/mol. The maximum Gasteiger partial charge on any atom is 0.189 e. The molecular formula is C24H26N6O2. The van der Waals surface area contributed by atoms with Gasteiger partial charge in [-0.3, -0.25) is 9.78 Å². The molecule has 0 saturated carbocycles. The van der Waals surface area contributed by atoms with E-state index >= 15 is 0 Å². The molecule has 2 aromatic heterocycles. The highest BCUT2D eigenvalue weighted by Gasteiger charge is 2.20. The highest BCUT2D eigenvalue weighted by molar-refractivity contribution is 6.00. The molecular weight excluding hydrogens is 404 g/mol. The van der Waals surface area contributed by atoms with Gasteiger partial charge in [-0.2, -0.15) is 0 Å². The maximum atomic E-state index is 13.2. The number of ketones is 1. The molecule has 3 N–H and O–H groups in total. The number of carbonyl (C=O) groups excluding carboxylic acids is 1. The van der Waals surface area contributed by atoms with Gasteiger partial charge in [0, 0.05) is 55.3 Å². The number of Topliss-reactive ketones (excluding diaryl/α,β-unsaturated/α-hetero) is 1. The van der Waals surface area contributed by atoms with Crippen molar-refractivity contribution in [3.8, 4) is 11.3 Å². The van der Waals surface area contributed by atoms with Crippen LogP contribution in [0, 0.1) is 0 Å². The van der Waals surface area contributed by atoms with E-state index in [0.29, 0.717) is 18.9 Å². The van der Waals surface area contributed by atoms with Crippen molar-refractivity contribution in [3.05, 3.63) is 65.2 Å². The first-order valence-electron chi connectivity index (χ1n) is 10.9. The van der Waals surface area contributed by atoms with Crippen LogP contribution in [0.4, 0.5) is 11.5 Å². The monoisotopic (exact) mass is 430 g/mol. The SMILES string of the molecule is Nc1ncc(-c2ccc3c(c2)CCNC3)nc1C(=O)Cc1cnccc1N1CCOCC1. The number of carbonyl (C=O) groups is 1. The van der Waals surface area contributed by atoms with Crippen molar-refractivity contribution in [2.24, 2.45) is 0 Å². The lowest BCUT2D eigenvalue weighted by atomic mass is 9.97. The Morgan fingerprint density at radius 2 is 2.03 bits per heavy atom. The van der Waals surface area contributed by atoms with Gasteiger partial charge in [0.05, 0.1) is 25.1 Å².